The molecule has 0 heterocycles. The van der Waals surface area contributed by atoms with E-state index in [0.717, 1.165) is 26.9 Å². The molecule has 1 rings (SSSR count). The van der Waals surface area contributed by atoms with E-state index in [-0.39, 0.29) is 0 Å². The van der Waals surface area contributed by atoms with E-state index >= 15 is 0 Å². The highest BCUT2D eigenvalue weighted by molar-refractivity contribution is 9.10. The van der Waals surface area contributed by atoms with Crippen LogP contribution in [0, 0.1) is 13.8 Å². The van der Waals surface area contributed by atoms with Gasteiger partial charge in [-0.1, -0.05) is 0 Å². The molecule has 2 N–H and O–H groups in total. The standard InChI is InChI=1S/C10H14BrNO2/c1-6-4-9(14-3)10(11)7(2)8(6)5-12-13/h4,12-13H,5H2,1-3H3. The van der Waals surface area contributed by atoms with Crippen LogP contribution >= 0.6 is 15.9 Å². The molecule has 0 bridgehead atoms. The number of hydrogen-bond donors (Lipinski definition) is 2. The molecule has 4 heteroatoms. The van der Waals surface area contributed by atoms with Crippen molar-refractivity contribution in [1.82, 2.24) is 5.48 Å². The predicted octanol–water partition coefficient (Wildman–Crippen LogP) is 2.55. The number of rotatable bonds is 3. The Morgan fingerprint density at radius 1 is 1.50 bits per heavy atom. The number of hydrogen-bond acceptors (Lipinski definition) is 3. The summed E-state index contributed by atoms with van der Waals surface area (Å²) in [7, 11) is 1.64. The number of ether oxygens (including phenoxy) is 1. The lowest BCUT2D eigenvalue weighted by atomic mass is 10.0. The van der Waals surface area contributed by atoms with Crippen LogP contribution in [0.3, 0.4) is 0 Å². The first-order valence-corrected chi connectivity index (χ1v) is 5.10. The summed E-state index contributed by atoms with van der Waals surface area (Å²) in [4.78, 5) is 0. The Morgan fingerprint density at radius 3 is 2.64 bits per heavy atom. The summed E-state index contributed by atoms with van der Waals surface area (Å²) in [6, 6.07) is 1.95. The number of nitrogens with one attached hydrogen (secondary N) is 1. The van der Waals surface area contributed by atoms with E-state index in [1.54, 1.807) is 7.11 Å². The average Bonchev–Trinajstić information content (AvgIpc) is 2.18. The largest absolute Gasteiger partial charge is 0.496 e. The van der Waals surface area contributed by atoms with Crippen LogP contribution in [0.1, 0.15) is 16.7 Å². The third kappa shape index (κ3) is 2.08. The summed E-state index contributed by atoms with van der Waals surface area (Å²) >= 11 is 3.46. The number of aryl methyl sites for hydroxylation is 1. The van der Waals surface area contributed by atoms with Gasteiger partial charge in [0.25, 0.3) is 0 Å². The van der Waals surface area contributed by atoms with Gasteiger partial charge < -0.3 is 9.94 Å². The minimum absolute atomic E-state index is 0.445. The molecule has 0 aliphatic heterocycles. The summed E-state index contributed by atoms with van der Waals surface area (Å²) in [6.45, 7) is 4.43. The van der Waals surface area contributed by atoms with E-state index in [1.165, 1.54) is 0 Å². The summed E-state index contributed by atoms with van der Waals surface area (Å²) < 4.78 is 6.15. The fourth-order valence-corrected chi connectivity index (χ4v) is 1.98. The number of benzene rings is 1. The van der Waals surface area contributed by atoms with Crippen molar-refractivity contribution in [1.29, 1.82) is 0 Å². The van der Waals surface area contributed by atoms with E-state index in [0.29, 0.717) is 6.54 Å². The van der Waals surface area contributed by atoms with Crippen molar-refractivity contribution < 1.29 is 9.94 Å². The Kier molecular flexibility index (Phi) is 3.92. The van der Waals surface area contributed by atoms with Gasteiger partial charge in [0.2, 0.25) is 0 Å². The highest BCUT2D eigenvalue weighted by Crippen LogP contribution is 2.32. The minimum atomic E-state index is 0.445. The fraction of sp³-hybridized carbons (Fsp3) is 0.400. The van der Waals surface area contributed by atoms with E-state index in [2.05, 4.69) is 21.4 Å². The molecule has 0 aliphatic carbocycles. The zero-order valence-electron chi connectivity index (χ0n) is 8.52. The van der Waals surface area contributed by atoms with Gasteiger partial charge in [-0.3, -0.25) is 0 Å². The molecular weight excluding hydrogens is 246 g/mol. The molecule has 0 aliphatic rings. The first-order valence-electron chi connectivity index (χ1n) is 4.31. The maximum atomic E-state index is 8.69. The lowest BCUT2D eigenvalue weighted by molar-refractivity contribution is 0.161. The van der Waals surface area contributed by atoms with E-state index in [4.69, 9.17) is 9.94 Å². The van der Waals surface area contributed by atoms with Crippen LogP contribution in [-0.2, 0) is 6.54 Å². The van der Waals surface area contributed by atoms with Gasteiger partial charge in [-0.15, -0.1) is 0 Å². The van der Waals surface area contributed by atoms with E-state index in [9.17, 15) is 0 Å². The first kappa shape index (κ1) is 11.5. The SMILES string of the molecule is COc1cc(C)c(CNO)c(C)c1Br. The normalized spacial score (nSPS) is 10.4. The third-order valence-electron chi connectivity index (χ3n) is 2.30. The summed E-state index contributed by atoms with van der Waals surface area (Å²) in [6.07, 6.45) is 0. The monoisotopic (exact) mass is 259 g/mol. The molecule has 0 radical (unpaired) electrons. The minimum Gasteiger partial charge on any atom is -0.496 e. The van der Waals surface area contributed by atoms with Crippen molar-refractivity contribution in [2.45, 2.75) is 20.4 Å². The lowest BCUT2D eigenvalue weighted by Gasteiger charge is -2.14. The summed E-state index contributed by atoms with van der Waals surface area (Å²) in [5.41, 5.74) is 5.44. The van der Waals surface area contributed by atoms with Gasteiger partial charge in [0.15, 0.2) is 0 Å². The maximum absolute atomic E-state index is 8.69. The van der Waals surface area contributed by atoms with Crippen LogP contribution in [0.2, 0.25) is 0 Å². The quantitative estimate of drug-likeness (QED) is 0.820. The number of methoxy groups -OCH3 is 1. The second-order valence-electron chi connectivity index (χ2n) is 3.15. The van der Waals surface area contributed by atoms with Gasteiger partial charge in [0.05, 0.1) is 11.6 Å². The molecule has 1 aromatic rings. The summed E-state index contributed by atoms with van der Waals surface area (Å²) in [5, 5.41) is 8.69. The van der Waals surface area contributed by atoms with Crippen molar-refractivity contribution >= 4 is 15.9 Å². The topological polar surface area (TPSA) is 41.5 Å². The fourth-order valence-electron chi connectivity index (χ4n) is 1.46. The van der Waals surface area contributed by atoms with Crippen molar-refractivity contribution in [2.24, 2.45) is 0 Å². The second kappa shape index (κ2) is 4.77. The van der Waals surface area contributed by atoms with Crippen LogP contribution in [0.4, 0.5) is 0 Å². The highest BCUT2D eigenvalue weighted by Gasteiger charge is 2.10. The molecule has 0 saturated carbocycles. The van der Waals surface area contributed by atoms with Crippen LogP contribution in [0.15, 0.2) is 10.5 Å². The molecule has 3 nitrogen and oxygen atoms in total. The van der Waals surface area contributed by atoms with Gasteiger partial charge in [0.1, 0.15) is 5.75 Å². The second-order valence-corrected chi connectivity index (χ2v) is 3.94. The van der Waals surface area contributed by atoms with Crippen LogP contribution in [0.5, 0.6) is 5.75 Å². The Bertz CT molecular complexity index is 339. The first-order chi connectivity index (χ1) is 6.61. The lowest BCUT2D eigenvalue weighted by Crippen LogP contribution is -2.09. The molecule has 78 valence electrons. The molecule has 0 amide bonds. The predicted molar refractivity (Wildman–Crippen MR) is 58.8 cm³/mol. The smallest absolute Gasteiger partial charge is 0.133 e. The maximum Gasteiger partial charge on any atom is 0.133 e. The molecule has 0 atom stereocenters. The molecule has 1 aromatic carbocycles. The van der Waals surface area contributed by atoms with Crippen molar-refractivity contribution in [3.05, 3.63) is 27.2 Å². The van der Waals surface area contributed by atoms with E-state index < -0.39 is 0 Å². The molecule has 0 saturated heterocycles. The van der Waals surface area contributed by atoms with Crippen LogP contribution < -0.4 is 10.2 Å². The molecule has 14 heavy (non-hydrogen) atoms. The van der Waals surface area contributed by atoms with Gasteiger partial charge in [-0.2, -0.15) is 0 Å². The molecule has 0 aromatic heterocycles. The molecule has 0 spiro atoms. The van der Waals surface area contributed by atoms with Crippen molar-refractivity contribution in [3.63, 3.8) is 0 Å². The zero-order chi connectivity index (χ0) is 10.7. The van der Waals surface area contributed by atoms with E-state index in [1.807, 2.05) is 19.9 Å². The molecule has 0 unspecified atom stereocenters. The third-order valence-corrected chi connectivity index (χ3v) is 3.28. The summed E-state index contributed by atoms with van der Waals surface area (Å²) in [5.74, 6) is 0.821. The Hall–Kier alpha value is -0.580. The molecule has 0 fully saturated rings. The zero-order valence-corrected chi connectivity index (χ0v) is 10.1. The van der Waals surface area contributed by atoms with Crippen LogP contribution in [0.25, 0.3) is 0 Å². The Morgan fingerprint density at radius 2 is 2.14 bits per heavy atom. The molecular formula is C10H14BrNO2. The number of halogens is 1. The Labute approximate surface area is 92.2 Å². The number of hydroxylamine groups is 1. The van der Waals surface area contributed by atoms with Gasteiger partial charge in [-0.25, -0.2) is 5.48 Å². The highest BCUT2D eigenvalue weighted by atomic mass is 79.9. The van der Waals surface area contributed by atoms with Gasteiger partial charge in [0, 0.05) is 6.54 Å². The Balaban J connectivity index is 3.26. The average molecular weight is 260 g/mol. The van der Waals surface area contributed by atoms with Crippen molar-refractivity contribution in [2.75, 3.05) is 7.11 Å². The van der Waals surface area contributed by atoms with Gasteiger partial charge in [-0.05, 0) is 52.5 Å². The van der Waals surface area contributed by atoms with Gasteiger partial charge >= 0.3 is 0 Å². The van der Waals surface area contributed by atoms with Crippen LogP contribution in [-0.4, -0.2) is 12.3 Å². The van der Waals surface area contributed by atoms with Crippen molar-refractivity contribution in [3.8, 4) is 5.75 Å².